The molecule has 0 fully saturated rings. The Bertz CT molecular complexity index is 1130. The third-order valence-electron chi connectivity index (χ3n) is 5.05. The van der Waals surface area contributed by atoms with Crippen LogP contribution in [0.3, 0.4) is 0 Å². The normalized spacial score (nSPS) is 11.1. The maximum absolute atomic E-state index is 11.5. The first-order valence-electron chi connectivity index (χ1n) is 10.1. The number of imidazole rings is 1. The van der Waals surface area contributed by atoms with Crippen LogP contribution < -0.4 is 10.1 Å². The second-order valence-electron chi connectivity index (χ2n) is 6.95. The summed E-state index contributed by atoms with van der Waals surface area (Å²) in [6.07, 6.45) is 1.18. The van der Waals surface area contributed by atoms with Gasteiger partial charge in [-0.3, -0.25) is 4.79 Å². The highest BCUT2D eigenvalue weighted by molar-refractivity contribution is 5.88. The molecular weight excluding hydrogens is 362 g/mol. The summed E-state index contributed by atoms with van der Waals surface area (Å²) in [5.41, 5.74) is 2.06. The molecule has 0 saturated carbocycles. The van der Waals surface area contributed by atoms with Gasteiger partial charge in [0.05, 0.1) is 17.6 Å². The lowest BCUT2D eigenvalue weighted by Crippen LogP contribution is -2.25. The maximum atomic E-state index is 11.5. The molecule has 1 aromatic heterocycles. The van der Waals surface area contributed by atoms with E-state index in [4.69, 9.17) is 9.72 Å². The van der Waals surface area contributed by atoms with Gasteiger partial charge in [0.1, 0.15) is 18.2 Å². The van der Waals surface area contributed by atoms with E-state index < -0.39 is 0 Å². The van der Waals surface area contributed by atoms with Crippen LogP contribution in [-0.2, 0) is 17.8 Å². The number of hydrogen-bond acceptors (Lipinski definition) is 3. The fourth-order valence-electron chi connectivity index (χ4n) is 3.57. The van der Waals surface area contributed by atoms with E-state index in [2.05, 4.69) is 34.1 Å². The molecule has 0 spiro atoms. The number of nitrogens with zero attached hydrogens (tertiary/aromatic N) is 2. The van der Waals surface area contributed by atoms with Crippen molar-refractivity contribution in [3.05, 3.63) is 72.6 Å². The Balaban J connectivity index is 1.50. The second kappa shape index (κ2) is 8.78. The molecule has 0 bridgehead atoms. The van der Waals surface area contributed by atoms with Crippen LogP contribution in [0.4, 0.5) is 0 Å². The van der Waals surface area contributed by atoms with E-state index in [9.17, 15) is 4.79 Å². The van der Waals surface area contributed by atoms with E-state index in [1.807, 2.05) is 49.4 Å². The van der Waals surface area contributed by atoms with Crippen LogP contribution in [0.2, 0.25) is 0 Å². The lowest BCUT2D eigenvalue weighted by Gasteiger charge is -2.12. The predicted molar refractivity (Wildman–Crippen MR) is 116 cm³/mol. The molecule has 0 unspecified atom stereocenters. The highest BCUT2D eigenvalue weighted by Crippen LogP contribution is 2.25. The number of amides is 1. The zero-order chi connectivity index (χ0) is 20.1. The number of para-hydroxylation sites is 2. The molecule has 0 aliphatic rings. The molecule has 0 atom stereocenters. The van der Waals surface area contributed by atoms with E-state index in [-0.39, 0.29) is 5.91 Å². The van der Waals surface area contributed by atoms with Crippen molar-refractivity contribution in [2.24, 2.45) is 0 Å². The Hall–Kier alpha value is -3.34. The summed E-state index contributed by atoms with van der Waals surface area (Å²) in [5.74, 6) is 1.92. The number of carbonyl (C=O) groups is 1. The first-order valence-corrected chi connectivity index (χ1v) is 10.1. The number of benzene rings is 3. The van der Waals surface area contributed by atoms with Crippen molar-refractivity contribution in [1.29, 1.82) is 0 Å². The van der Waals surface area contributed by atoms with Gasteiger partial charge in [-0.15, -0.1) is 0 Å². The quantitative estimate of drug-likeness (QED) is 0.489. The molecule has 0 saturated heterocycles. The molecule has 5 heteroatoms. The molecular formula is C24H25N3O2. The number of fused-ring (bicyclic) bond motifs is 2. The van der Waals surface area contributed by atoms with Gasteiger partial charge in [-0.2, -0.15) is 0 Å². The van der Waals surface area contributed by atoms with Gasteiger partial charge in [-0.25, -0.2) is 4.98 Å². The molecule has 0 aliphatic heterocycles. The number of nitrogens with one attached hydrogen (secondary N) is 1. The van der Waals surface area contributed by atoms with Gasteiger partial charge in [0.2, 0.25) is 5.91 Å². The number of aromatic nitrogens is 2. The SMILES string of the molecule is CCC(=O)NCCc1nc2ccccc2n1CCOc1cccc2ccccc12. The van der Waals surface area contributed by atoms with Crippen molar-refractivity contribution in [3.63, 3.8) is 0 Å². The van der Waals surface area contributed by atoms with Crippen molar-refractivity contribution < 1.29 is 9.53 Å². The summed E-state index contributed by atoms with van der Waals surface area (Å²) < 4.78 is 8.33. The molecule has 0 radical (unpaired) electrons. The van der Waals surface area contributed by atoms with Crippen molar-refractivity contribution >= 4 is 27.7 Å². The highest BCUT2D eigenvalue weighted by atomic mass is 16.5. The van der Waals surface area contributed by atoms with Crippen LogP contribution in [0.25, 0.3) is 21.8 Å². The minimum absolute atomic E-state index is 0.0620. The molecule has 4 rings (SSSR count). The van der Waals surface area contributed by atoms with E-state index in [0.29, 0.717) is 32.5 Å². The fraction of sp³-hybridized carbons (Fsp3) is 0.250. The molecule has 1 N–H and O–H groups in total. The summed E-state index contributed by atoms with van der Waals surface area (Å²) in [6, 6.07) is 22.5. The first-order chi connectivity index (χ1) is 14.3. The van der Waals surface area contributed by atoms with Crippen LogP contribution >= 0.6 is 0 Å². The third kappa shape index (κ3) is 4.24. The smallest absolute Gasteiger partial charge is 0.219 e. The molecule has 1 amide bonds. The summed E-state index contributed by atoms with van der Waals surface area (Å²) >= 11 is 0. The van der Waals surface area contributed by atoms with Crippen LogP contribution in [0, 0.1) is 0 Å². The third-order valence-corrected chi connectivity index (χ3v) is 5.05. The van der Waals surface area contributed by atoms with Gasteiger partial charge in [-0.1, -0.05) is 55.5 Å². The number of carbonyl (C=O) groups excluding carboxylic acids is 1. The fourth-order valence-corrected chi connectivity index (χ4v) is 3.57. The monoisotopic (exact) mass is 387 g/mol. The Morgan fingerprint density at radius 2 is 1.83 bits per heavy atom. The largest absolute Gasteiger partial charge is 0.491 e. The van der Waals surface area contributed by atoms with E-state index in [1.54, 1.807) is 0 Å². The zero-order valence-corrected chi connectivity index (χ0v) is 16.6. The average molecular weight is 387 g/mol. The molecule has 4 aromatic rings. The van der Waals surface area contributed by atoms with Crippen molar-refractivity contribution in [2.45, 2.75) is 26.3 Å². The Kier molecular flexibility index (Phi) is 5.75. The van der Waals surface area contributed by atoms with Gasteiger partial charge < -0.3 is 14.6 Å². The Morgan fingerprint density at radius 1 is 1.03 bits per heavy atom. The molecule has 148 valence electrons. The lowest BCUT2D eigenvalue weighted by molar-refractivity contribution is -0.120. The van der Waals surface area contributed by atoms with Crippen molar-refractivity contribution in [1.82, 2.24) is 14.9 Å². The van der Waals surface area contributed by atoms with Crippen molar-refractivity contribution in [3.8, 4) is 5.75 Å². The van der Waals surface area contributed by atoms with Gasteiger partial charge in [0.15, 0.2) is 0 Å². The van der Waals surface area contributed by atoms with Crippen LogP contribution in [0.15, 0.2) is 66.7 Å². The average Bonchev–Trinajstić information content (AvgIpc) is 3.11. The summed E-state index contributed by atoms with van der Waals surface area (Å²) in [6.45, 7) is 3.68. The molecule has 29 heavy (non-hydrogen) atoms. The molecule has 5 nitrogen and oxygen atoms in total. The first kappa shape index (κ1) is 19.0. The summed E-state index contributed by atoms with van der Waals surface area (Å²) in [5, 5.41) is 5.22. The lowest BCUT2D eigenvalue weighted by atomic mass is 10.1. The van der Waals surface area contributed by atoms with Crippen molar-refractivity contribution in [2.75, 3.05) is 13.2 Å². The summed E-state index contributed by atoms with van der Waals surface area (Å²) in [4.78, 5) is 16.3. The molecule has 0 aliphatic carbocycles. The number of rotatable bonds is 8. The van der Waals surface area contributed by atoms with Crippen LogP contribution in [0.1, 0.15) is 19.2 Å². The Labute approximate surface area is 170 Å². The zero-order valence-electron chi connectivity index (χ0n) is 16.6. The Morgan fingerprint density at radius 3 is 2.72 bits per heavy atom. The molecule has 1 heterocycles. The van der Waals surface area contributed by atoms with Gasteiger partial charge in [0.25, 0.3) is 0 Å². The minimum Gasteiger partial charge on any atom is -0.491 e. The maximum Gasteiger partial charge on any atom is 0.219 e. The topological polar surface area (TPSA) is 56.2 Å². The second-order valence-corrected chi connectivity index (χ2v) is 6.95. The van der Waals surface area contributed by atoms with E-state index in [1.165, 1.54) is 5.39 Å². The van der Waals surface area contributed by atoms with Crippen LogP contribution in [0.5, 0.6) is 5.75 Å². The van der Waals surface area contributed by atoms with Crippen LogP contribution in [-0.4, -0.2) is 28.6 Å². The number of ether oxygens (including phenoxy) is 1. The minimum atomic E-state index is 0.0620. The van der Waals surface area contributed by atoms with E-state index in [0.717, 1.165) is 28.0 Å². The number of hydrogen-bond donors (Lipinski definition) is 1. The summed E-state index contributed by atoms with van der Waals surface area (Å²) in [7, 11) is 0. The van der Waals surface area contributed by atoms with Gasteiger partial charge in [0, 0.05) is 24.8 Å². The van der Waals surface area contributed by atoms with Gasteiger partial charge >= 0.3 is 0 Å². The van der Waals surface area contributed by atoms with E-state index >= 15 is 0 Å². The predicted octanol–water partition coefficient (Wildman–Crippen LogP) is 4.34. The molecule has 3 aromatic carbocycles. The van der Waals surface area contributed by atoms with Gasteiger partial charge in [-0.05, 0) is 23.6 Å². The highest BCUT2D eigenvalue weighted by Gasteiger charge is 2.11. The standard InChI is InChI=1S/C24H25N3O2/c1-2-24(28)25-15-14-23-26-20-11-5-6-12-21(20)27(23)16-17-29-22-13-7-9-18-8-3-4-10-19(18)22/h3-13H,2,14-17H2,1H3,(H,25,28).